The van der Waals surface area contributed by atoms with Gasteiger partial charge in [-0.25, -0.2) is 0 Å². The standard InChI is InChI=1S/C20H17ClN4O2/c1-13-4-5-16(21)10-17(13)25-19(26)15-6-8-23-18(9-15)20(27)24-12-14-3-2-7-22-11-14/h2-11H,12H2,1H3,(H,24,27)(H,25,26). The van der Waals surface area contributed by atoms with Crippen LogP contribution < -0.4 is 10.6 Å². The lowest BCUT2D eigenvalue weighted by Gasteiger charge is -2.10. The Kier molecular flexibility index (Phi) is 5.78. The van der Waals surface area contributed by atoms with E-state index in [1.54, 1.807) is 36.7 Å². The van der Waals surface area contributed by atoms with Gasteiger partial charge in [-0.3, -0.25) is 19.6 Å². The summed E-state index contributed by atoms with van der Waals surface area (Å²) >= 11 is 5.98. The second-order valence-corrected chi connectivity index (χ2v) is 6.32. The topological polar surface area (TPSA) is 84.0 Å². The third-order valence-electron chi connectivity index (χ3n) is 3.88. The molecule has 136 valence electrons. The van der Waals surface area contributed by atoms with Gasteiger partial charge in [-0.15, -0.1) is 0 Å². The second-order valence-electron chi connectivity index (χ2n) is 5.89. The van der Waals surface area contributed by atoms with Crippen LogP contribution in [0.4, 0.5) is 5.69 Å². The predicted octanol–water partition coefficient (Wildman–Crippen LogP) is 3.62. The van der Waals surface area contributed by atoms with Crippen molar-refractivity contribution in [3.63, 3.8) is 0 Å². The molecule has 2 heterocycles. The van der Waals surface area contributed by atoms with Crippen molar-refractivity contribution in [2.45, 2.75) is 13.5 Å². The molecule has 0 spiro atoms. The summed E-state index contributed by atoms with van der Waals surface area (Å²) in [6.07, 6.45) is 4.76. The quantitative estimate of drug-likeness (QED) is 0.708. The summed E-state index contributed by atoms with van der Waals surface area (Å²) in [6.45, 7) is 2.20. The highest BCUT2D eigenvalue weighted by molar-refractivity contribution is 6.31. The van der Waals surface area contributed by atoms with Gasteiger partial charge in [-0.2, -0.15) is 0 Å². The Morgan fingerprint density at radius 2 is 1.93 bits per heavy atom. The fourth-order valence-electron chi connectivity index (χ4n) is 2.39. The van der Waals surface area contributed by atoms with Crippen molar-refractivity contribution < 1.29 is 9.59 Å². The van der Waals surface area contributed by atoms with Crippen molar-refractivity contribution in [3.05, 3.63) is 88.5 Å². The molecule has 6 nitrogen and oxygen atoms in total. The van der Waals surface area contributed by atoms with Gasteiger partial charge in [-0.1, -0.05) is 23.7 Å². The number of carbonyl (C=O) groups excluding carboxylic acids is 2. The van der Waals surface area contributed by atoms with Crippen LogP contribution in [0.15, 0.2) is 61.1 Å². The van der Waals surface area contributed by atoms with Gasteiger partial charge in [-0.05, 0) is 48.4 Å². The molecule has 0 saturated carbocycles. The number of amides is 2. The summed E-state index contributed by atoms with van der Waals surface area (Å²) < 4.78 is 0. The minimum absolute atomic E-state index is 0.161. The van der Waals surface area contributed by atoms with Gasteiger partial charge < -0.3 is 10.6 Å². The molecule has 2 aromatic heterocycles. The summed E-state index contributed by atoms with van der Waals surface area (Å²) in [5.74, 6) is -0.712. The summed E-state index contributed by atoms with van der Waals surface area (Å²) in [5.41, 5.74) is 2.87. The summed E-state index contributed by atoms with van der Waals surface area (Å²) in [4.78, 5) is 32.9. The van der Waals surface area contributed by atoms with E-state index in [0.29, 0.717) is 22.8 Å². The van der Waals surface area contributed by atoms with Crippen LogP contribution in [0.25, 0.3) is 0 Å². The zero-order valence-corrected chi connectivity index (χ0v) is 15.3. The van der Waals surface area contributed by atoms with E-state index in [9.17, 15) is 9.59 Å². The van der Waals surface area contributed by atoms with Gasteiger partial charge >= 0.3 is 0 Å². The molecule has 27 heavy (non-hydrogen) atoms. The molecule has 0 radical (unpaired) electrons. The van der Waals surface area contributed by atoms with Gasteiger partial charge in [0.2, 0.25) is 0 Å². The first-order chi connectivity index (χ1) is 13.0. The third-order valence-corrected chi connectivity index (χ3v) is 4.11. The fourth-order valence-corrected chi connectivity index (χ4v) is 2.57. The molecule has 0 fully saturated rings. The second kappa shape index (κ2) is 8.42. The number of halogens is 1. The number of benzene rings is 1. The molecule has 0 saturated heterocycles. The molecular formula is C20H17ClN4O2. The van der Waals surface area contributed by atoms with E-state index in [1.807, 2.05) is 19.1 Å². The fraction of sp³-hybridized carbons (Fsp3) is 0.100. The smallest absolute Gasteiger partial charge is 0.270 e. The number of pyridine rings is 2. The zero-order valence-electron chi connectivity index (χ0n) is 14.6. The Bertz CT molecular complexity index is 977. The van der Waals surface area contributed by atoms with Crippen LogP contribution in [0, 0.1) is 6.92 Å². The molecule has 0 unspecified atom stereocenters. The van der Waals surface area contributed by atoms with Crippen LogP contribution >= 0.6 is 11.6 Å². The Morgan fingerprint density at radius 1 is 1.07 bits per heavy atom. The van der Waals surface area contributed by atoms with Crippen LogP contribution in [0.2, 0.25) is 5.02 Å². The average Bonchev–Trinajstić information content (AvgIpc) is 2.69. The van der Waals surface area contributed by atoms with E-state index >= 15 is 0 Å². The molecule has 0 atom stereocenters. The van der Waals surface area contributed by atoms with Crippen LogP contribution in [0.3, 0.4) is 0 Å². The normalized spacial score (nSPS) is 10.3. The Morgan fingerprint density at radius 3 is 2.70 bits per heavy atom. The van der Waals surface area contributed by atoms with Gasteiger partial charge in [0.1, 0.15) is 5.69 Å². The third kappa shape index (κ3) is 4.89. The molecule has 1 aromatic carbocycles. The maximum absolute atomic E-state index is 12.5. The summed E-state index contributed by atoms with van der Waals surface area (Å²) in [5, 5.41) is 6.09. The maximum Gasteiger partial charge on any atom is 0.270 e. The van der Waals surface area contributed by atoms with Crippen molar-refractivity contribution in [1.29, 1.82) is 0 Å². The lowest BCUT2D eigenvalue weighted by Crippen LogP contribution is -2.24. The van der Waals surface area contributed by atoms with Crippen molar-refractivity contribution in [2.24, 2.45) is 0 Å². The van der Waals surface area contributed by atoms with Gasteiger partial charge in [0, 0.05) is 41.4 Å². The SMILES string of the molecule is Cc1ccc(Cl)cc1NC(=O)c1ccnc(C(=O)NCc2cccnc2)c1. The number of rotatable bonds is 5. The first kappa shape index (κ1) is 18.5. The number of aromatic nitrogens is 2. The molecule has 0 aliphatic heterocycles. The predicted molar refractivity (Wildman–Crippen MR) is 104 cm³/mol. The van der Waals surface area contributed by atoms with Gasteiger partial charge in [0.15, 0.2) is 0 Å². The molecule has 7 heteroatoms. The first-order valence-electron chi connectivity index (χ1n) is 8.23. The van der Waals surface area contributed by atoms with E-state index in [4.69, 9.17) is 11.6 Å². The van der Waals surface area contributed by atoms with Gasteiger partial charge in [0.05, 0.1) is 0 Å². The zero-order chi connectivity index (χ0) is 19.2. The van der Waals surface area contributed by atoms with E-state index in [-0.39, 0.29) is 17.5 Å². The number of nitrogens with zero attached hydrogens (tertiary/aromatic N) is 2. The number of aryl methyl sites for hydroxylation is 1. The highest BCUT2D eigenvalue weighted by Crippen LogP contribution is 2.21. The van der Waals surface area contributed by atoms with Crippen molar-refractivity contribution >= 4 is 29.1 Å². The lowest BCUT2D eigenvalue weighted by molar-refractivity contribution is 0.0946. The van der Waals surface area contributed by atoms with Crippen molar-refractivity contribution in [2.75, 3.05) is 5.32 Å². The first-order valence-corrected chi connectivity index (χ1v) is 8.61. The monoisotopic (exact) mass is 380 g/mol. The van der Waals surface area contributed by atoms with Crippen LogP contribution in [-0.4, -0.2) is 21.8 Å². The van der Waals surface area contributed by atoms with Crippen molar-refractivity contribution in [3.8, 4) is 0 Å². The molecule has 0 aliphatic rings. The highest BCUT2D eigenvalue weighted by atomic mass is 35.5. The van der Waals surface area contributed by atoms with E-state index < -0.39 is 0 Å². The lowest BCUT2D eigenvalue weighted by atomic mass is 10.1. The number of nitrogens with one attached hydrogen (secondary N) is 2. The Balaban J connectivity index is 1.69. The molecule has 0 bridgehead atoms. The highest BCUT2D eigenvalue weighted by Gasteiger charge is 2.13. The number of hydrogen-bond donors (Lipinski definition) is 2. The molecule has 2 amide bonds. The van der Waals surface area contributed by atoms with E-state index in [0.717, 1.165) is 11.1 Å². The van der Waals surface area contributed by atoms with Gasteiger partial charge in [0.25, 0.3) is 11.8 Å². The molecular weight excluding hydrogens is 364 g/mol. The number of anilines is 1. The summed E-state index contributed by atoms with van der Waals surface area (Å²) in [6, 6.07) is 11.9. The van der Waals surface area contributed by atoms with Crippen LogP contribution in [0.5, 0.6) is 0 Å². The van der Waals surface area contributed by atoms with E-state index in [1.165, 1.54) is 12.3 Å². The largest absolute Gasteiger partial charge is 0.347 e. The van der Waals surface area contributed by atoms with Crippen LogP contribution in [-0.2, 0) is 6.54 Å². The minimum Gasteiger partial charge on any atom is -0.347 e. The molecule has 3 aromatic rings. The average molecular weight is 381 g/mol. The molecule has 3 rings (SSSR count). The molecule has 2 N–H and O–H groups in total. The Labute approximate surface area is 161 Å². The minimum atomic E-state index is -0.368. The van der Waals surface area contributed by atoms with E-state index in [2.05, 4.69) is 20.6 Å². The van der Waals surface area contributed by atoms with Crippen molar-refractivity contribution in [1.82, 2.24) is 15.3 Å². The number of hydrogen-bond acceptors (Lipinski definition) is 4. The Hall–Kier alpha value is -3.25. The number of carbonyl (C=O) groups is 2. The summed E-state index contributed by atoms with van der Waals surface area (Å²) in [7, 11) is 0. The van der Waals surface area contributed by atoms with Crippen LogP contribution in [0.1, 0.15) is 32.0 Å². The molecule has 0 aliphatic carbocycles. The maximum atomic E-state index is 12.5.